The van der Waals surface area contributed by atoms with E-state index in [1.165, 1.54) is 5.56 Å². The Bertz CT molecular complexity index is 1600. The van der Waals surface area contributed by atoms with Crippen LogP contribution in [0, 0.1) is 0 Å². The Labute approximate surface area is 237 Å². The van der Waals surface area contributed by atoms with Crippen LogP contribution in [-0.4, -0.2) is 27.2 Å². The van der Waals surface area contributed by atoms with Crippen molar-refractivity contribution in [3.8, 4) is 22.9 Å². The number of imidazole rings is 1. The standard InChI is InChI=1S/C33H28N2O4S/c36-31(37)18-25-21-39-30-19-26(16-17-28(25)30)38-22-29-33(40-27-14-8-3-9-15-27)34-32(24-12-6-2-7-13-24)35(29)20-23-10-4-1-5-11-23/h1-17,19,25H,18,20-22H2,(H,36,37). The Morgan fingerprint density at radius 1 is 0.950 bits per heavy atom. The van der Waals surface area contributed by atoms with Crippen LogP contribution in [0.2, 0.25) is 0 Å². The number of benzene rings is 4. The van der Waals surface area contributed by atoms with Gasteiger partial charge in [0.1, 0.15) is 29.0 Å². The van der Waals surface area contributed by atoms with Crippen molar-refractivity contribution < 1.29 is 19.4 Å². The second-order valence-corrected chi connectivity index (χ2v) is 10.7. The zero-order valence-electron chi connectivity index (χ0n) is 21.8. The second kappa shape index (κ2) is 11.7. The maximum atomic E-state index is 11.2. The van der Waals surface area contributed by atoms with E-state index in [4.69, 9.17) is 14.5 Å². The van der Waals surface area contributed by atoms with E-state index in [1.54, 1.807) is 11.8 Å². The van der Waals surface area contributed by atoms with Crippen molar-refractivity contribution in [2.24, 2.45) is 0 Å². The van der Waals surface area contributed by atoms with Crippen LogP contribution < -0.4 is 9.47 Å². The molecule has 0 amide bonds. The van der Waals surface area contributed by atoms with Gasteiger partial charge in [-0.1, -0.05) is 96.7 Å². The van der Waals surface area contributed by atoms with Gasteiger partial charge in [-0.25, -0.2) is 4.98 Å². The minimum absolute atomic E-state index is 0.0498. The third-order valence-corrected chi connectivity index (χ3v) is 7.90. The summed E-state index contributed by atoms with van der Waals surface area (Å²) in [5.74, 6) is 1.27. The van der Waals surface area contributed by atoms with Crippen LogP contribution in [0.3, 0.4) is 0 Å². The summed E-state index contributed by atoms with van der Waals surface area (Å²) in [6.45, 7) is 1.32. The molecular weight excluding hydrogens is 520 g/mol. The summed E-state index contributed by atoms with van der Waals surface area (Å²) < 4.78 is 14.4. The lowest BCUT2D eigenvalue weighted by Crippen LogP contribution is -2.09. The van der Waals surface area contributed by atoms with Crippen LogP contribution in [0.25, 0.3) is 11.4 Å². The molecule has 1 N–H and O–H groups in total. The van der Waals surface area contributed by atoms with Crippen molar-refractivity contribution in [2.45, 2.75) is 35.4 Å². The first kappa shape index (κ1) is 25.8. The molecule has 0 radical (unpaired) electrons. The van der Waals surface area contributed by atoms with Gasteiger partial charge in [-0.15, -0.1) is 0 Å². The molecule has 40 heavy (non-hydrogen) atoms. The van der Waals surface area contributed by atoms with Gasteiger partial charge in [0, 0.05) is 34.6 Å². The summed E-state index contributed by atoms with van der Waals surface area (Å²) in [6, 6.07) is 36.5. The lowest BCUT2D eigenvalue weighted by Gasteiger charge is -2.15. The van der Waals surface area contributed by atoms with E-state index in [2.05, 4.69) is 41.0 Å². The number of hydrogen-bond donors (Lipinski definition) is 1. The lowest BCUT2D eigenvalue weighted by molar-refractivity contribution is -0.137. The number of carbonyl (C=O) groups is 1. The highest BCUT2D eigenvalue weighted by atomic mass is 32.2. The number of carboxylic acid groups (broad SMARTS) is 1. The number of nitrogens with zero attached hydrogens (tertiary/aromatic N) is 2. The van der Waals surface area contributed by atoms with Crippen molar-refractivity contribution in [3.63, 3.8) is 0 Å². The van der Waals surface area contributed by atoms with Crippen molar-refractivity contribution in [3.05, 3.63) is 126 Å². The van der Waals surface area contributed by atoms with Gasteiger partial charge in [-0.05, 0) is 23.8 Å². The SMILES string of the molecule is O=C(O)CC1COc2cc(OCc3c(Sc4ccccc4)nc(-c4ccccc4)n3Cc3ccccc3)ccc21. The molecule has 200 valence electrons. The summed E-state index contributed by atoms with van der Waals surface area (Å²) in [7, 11) is 0. The first-order valence-corrected chi connectivity index (χ1v) is 14.0. The molecule has 1 aliphatic rings. The van der Waals surface area contributed by atoms with E-state index in [1.807, 2.05) is 72.8 Å². The molecule has 4 aromatic carbocycles. The van der Waals surface area contributed by atoms with Crippen molar-refractivity contribution in [1.82, 2.24) is 9.55 Å². The monoisotopic (exact) mass is 548 g/mol. The Balaban J connectivity index is 1.36. The first-order chi connectivity index (χ1) is 19.6. The maximum absolute atomic E-state index is 11.2. The molecule has 6 nitrogen and oxygen atoms in total. The molecule has 0 saturated heterocycles. The van der Waals surface area contributed by atoms with E-state index >= 15 is 0 Å². The highest BCUT2D eigenvalue weighted by Crippen LogP contribution is 2.39. The third-order valence-electron chi connectivity index (χ3n) is 6.87. The minimum Gasteiger partial charge on any atom is -0.492 e. The van der Waals surface area contributed by atoms with E-state index in [0.29, 0.717) is 31.3 Å². The fourth-order valence-corrected chi connectivity index (χ4v) is 5.84. The van der Waals surface area contributed by atoms with Gasteiger partial charge in [0.2, 0.25) is 0 Å². The molecule has 6 rings (SSSR count). The summed E-state index contributed by atoms with van der Waals surface area (Å²) in [4.78, 5) is 17.5. The van der Waals surface area contributed by atoms with E-state index in [9.17, 15) is 9.90 Å². The van der Waals surface area contributed by atoms with Gasteiger partial charge in [0.05, 0.1) is 18.7 Å². The highest BCUT2D eigenvalue weighted by Gasteiger charge is 2.27. The molecule has 1 aliphatic heterocycles. The van der Waals surface area contributed by atoms with Gasteiger partial charge < -0.3 is 19.1 Å². The first-order valence-electron chi connectivity index (χ1n) is 13.2. The molecule has 0 spiro atoms. The van der Waals surface area contributed by atoms with E-state index < -0.39 is 5.97 Å². The molecule has 0 saturated carbocycles. The summed E-state index contributed by atoms with van der Waals surface area (Å²) in [5, 5.41) is 10.1. The number of rotatable bonds is 10. The number of carboxylic acids is 1. The van der Waals surface area contributed by atoms with Crippen LogP contribution in [-0.2, 0) is 17.9 Å². The Hall–Kier alpha value is -4.49. The Morgan fingerprint density at radius 2 is 1.65 bits per heavy atom. The smallest absolute Gasteiger partial charge is 0.304 e. The van der Waals surface area contributed by atoms with Crippen LogP contribution in [0.5, 0.6) is 11.5 Å². The zero-order valence-corrected chi connectivity index (χ0v) is 22.6. The van der Waals surface area contributed by atoms with Crippen molar-refractivity contribution in [1.29, 1.82) is 0 Å². The fraction of sp³-hybridized carbons (Fsp3) is 0.152. The van der Waals surface area contributed by atoms with Gasteiger partial charge in [-0.3, -0.25) is 4.79 Å². The normalized spacial score (nSPS) is 13.9. The minimum atomic E-state index is -0.828. The Kier molecular flexibility index (Phi) is 7.55. The largest absolute Gasteiger partial charge is 0.492 e. The Morgan fingerprint density at radius 3 is 2.38 bits per heavy atom. The topological polar surface area (TPSA) is 73.6 Å². The maximum Gasteiger partial charge on any atom is 0.304 e. The number of fused-ring (bicyclic) bond motifs is 1. The van der Waals surface area contributed by atoms with Crippen LogP contribution in [0.15, 0.2) is 119 Å². The third kappa shape index (κ3) is 5.75. The van der Waals surface area contributed by atoms with Gasteiger partial charge in [0.25, 0.3) is 0 Å². The molecule has 1 atom stereocenters. The van der Waals surface area contributed by atoms with Crippen LogP contribution in [0.1, 0.15) is 29.2 Å². The highest BCUT2D eigenvalue weighted by molar-refractivity contribution is 7.99. The summed E-state index contributed by atoms with van der Waals surface area (Å²) >= 11 is 1.62. The molecule has 0 bridgehead atoms. The van der Waals surface area contributed by atoms with E-state index in [0.717, 1.165) is 32.6 Å². The van der Waals surface area contributed by atoms with Gasteiger partial charge >= 0.3 is 5.97 Å². The predicted octanol–water partition coefficient (Wildman–Crippen LogP) is 7.28. The number of hydrogen-bond acceptors (Lipinski definition) is 5. The molecular formula is C33H28N2O4S. The number of ether oxygens (including phenoxy) is 2. The second-order valence-electron chi connectivity index (χ2n) is 9.63. The van der Waals surface area contributed by atoms with Crippen LogP contribution in [0.4, 0.5) is 0 Å². The van der Waals surface area contributed by atoms with E-state index in [-0.39, 0.29) is 12.3 Å². The molecule has 1 unspecified atom stereocenters. The van der Waals surface area contributed by atoms with Gasteiger partial charge in [0.15, 0.2) is 0 Å². The summed E-state index contributed by atoms with van der Waals surface area (Å²) in [6.07, 6.45) is 0.0498. The van der Waals surface area contributed by atoms with Crippen LogP contribution >= 0.6 is 11.8 Å². The van der Waals surface area contributed by atoms with Crippen molar-refractivity contribution in [2.75, 3.05) is 6.61 Å². The average Bonchev–Trinajstić information content (AvgIpc) is 3.53. The number of aliphatic carboxylic acids is 1. The molecule has 2 heterocycles. The molecule has 1 aromatic heterocycles. The average molecular weight is 549 g/mol. The fourth-order valence-electron chi connectivity index (χ4n) is 4.91. The lowest BCUT2D eigenvalue weighted by atomic mass is 9.98. The predicted molar refractivity (Wildman–Crippen MR) is 155 cm³/mol. The quantitative estimate of drug-likeness (QED) is 0.198. The molecule has 0 aliphatic carbocycles. The van der Waals surface area contributed by atoms with Crippen molar-refractivity contribution >= 4 is 17.7 Å². The molecule has 7 heteroatoms. The summed E-state index contributed by atoms with van der Waals surface area (Å²) in [5.41, 5.74) is 4.09. The molecule has 0 fully saturated rings. The molecule has 5 aromatic rings. The van der Waals surface area contributed by atoms with Gasteiger partial charge in [-0.2, -0.15) is 0 Å². The zero-order chi connectivity index (χ0) is 27.3. The number of aromatic nitrogens is 2.